The summed E-state index contributed by atoms with van der Waals surface area (Å²) in [5.41, 5.74) is 1.44. The maximum Gasteiger partial charge on any atom is 0.420 e. The fourth-order valence-corrected chi connectivity index (χ4v) is 2.64. The summed E-state index contributed by atoms with van der Waals surface area (Å²) in [4.78, 5) is 34.7. The van der Waals surface area contributed by atoms with Gasteiger partial charge in [0.2, 0.25) is 0 Å². The smallest absolute Gasteiger partial charge is 0.420 e. The lowest BCUT2D eigenvalue weighted by atomic mass is 10.1. The maximum absolute atomic E-state index is 12.8. The highest BCUT2D eigenvalue weighted by Gasteiger charge is 2.33. The number of hydrogen-bond donors (Lipinski definition) is 0. The van der Waals surface area contributed by atoms with Crippen LogP contribution >= 0.6 is 0 Å². The molecule has 0 fully saturated rings. The molecule has 0 unspecified atom stereocenters. The Morgan fingerprint density at radius 1 is 1.16 bits per heavy atom. The minimum atomic E-state index is -0.558. The van der Waals surface area contributed by atoms with Crippen molar-refractivity contribution in [3.8, 4) is 0 Å². The molecule has 7 heteroatoms. The Balaban J connectivity index is 2.07. The van der Waals surface area contributed by atoms with Gasteiger partial charge in [-0.3, -0.25) is 4.79 Å². The second kappa shape index (κ2) is 6.90. The van der Waals surface area contributed by atoms with E-state index in [2.05, 4.69) is 4.98 Å². The topological polar surface area (TPSA) is 66.0 Å². The highest BCUT2D eigenvalue weighted by molar-refractivity contribution is 6.16. The third-order valence-electron chi connectivity index (χ3n) is 3.97. The van der Waals surface area contributed by atoms with Gasteiger partial charge >= 0.3 is 6.09 Å². The average molecular weight is 340 g/mol. The minimum Gasteiger partial charge on any atom is -0.448 e. The van der Waals surface area contributed by atoms with Crippen LogP contribution in [0.3, 0.4) is 0 Å². The average Bonchev–Trinajstić information content (AvgIpc) is 2.69. The molecular weight excluding hydrogens is 320 g/mol. The number of likely N-dealkylation sites (N-methyl/N-ethyl adjacent to an activating group) is 1. The van der Waals surface area contributed by atoms with E-state index in [1.807, 2.05) is 19.0 Å². The number of carbonyl (C=O) groups is 2. The molecule has 130 valence electrons. The van der Waals surface area contributed by atoms with E-state index < -0.39 is 6.09 Å². The quantitative estimate of drug-likeness (QED) is 0.859. The largest absolute Gasteiger partial charge is 0.448 e. The predicted octanol–water partition coefficient (Wildman–Crippen LogP) is 2.51. The summed E-state index contributed by atoms with van der Waals surface area (Å²) in [6, 6.07) is 10.4. The van der Waals surface area contributed by atoms with Gasteiger partial charge in [0.1, 0.15) is 6.61 Å². The van der Waals surface area contributed by atoms with Crippen LogP contribution < -0.4 is 9.80 Å². The van der Waals surface area contributed by atoms with Gasteiger partial charge < -0.3 is 14.5 Å². The summed E-state index contributed by atoms with van der Waals surface area (Å²) >= 11 is 0. The number of aromatic nitrogens is 1. The summed E-state index contributed by atoms with van der Waals surface area (Å²) in [5.74, 6) is 0.173. The highest BCUT2D eigenvalue weighted by Crippen LogP contribution is 2.38. The zero-order valence-electron chi connectivity index (χ0n) is 14.5. The van der Waals surface area contributed by atoms with Crippen molar-refractivity contribution in [2.75, 3.05) is 44.1 Å². The van der Waals surface area contributed by atoms with Crippen LogP contribution in [0.2, 0.25) is 0 Å². The van der Waals surface area contributed by atoms with Crippen LogP contribution in [0.1, 0.15) is 10.4 Å². The molecule has 25 heavy (non-hydrogen) atoms. The number of amides is 2. The second-order valence-corrected chi connectivity index (χ2v) is 5.98. The lowest BCUT2D eigenvalue weighted by Crippen LogP contribution is -2.30. The summed E-state index contributed by atoms with van der Waals surface area (Å²) in [6.07, 6.45) is 1.03. The van der Waals surface area contributed by atoms with Crippen LogP contribution in [-0.4, -0.2) is 56.2 Å². The molecule has 0 spiro atoms. The van der Waals surface area contributed by atoms with E-state index >= 15 is 0 Å². The molecule has 0 N–H and O–H groups in total. The summed E-state index contributed by atoms with van der Waals surface area (Å²) in [5, 5.41) is 0. The van der Waals surface area contributed by atoms with Crippen molar-refractivity contribution in [1.82, 2.24) is 9.88 Å². The lowest BCUT2D eigenvalue weighted by Gasteiger charge is -2.23. The van der Waals surface area contributed by atoms with Crippen molar-refractivity contribution >= 4 is 29.2 Å². The van der Waals surface area contributed by atoms with Gasteiger partial charge in [0.15, 0.2) is 5.82 Å². The number of rotatable bonds is 3. The highest BCUT2D eigenvalue weighted by atomic mass is 16.6. The van der Waals surface area contributed by atoms with Crippen LogP contribution in [-0.2, 0) is 4.74 Å². The van der Waals surface area contributed by atoms with E-state index in [0.717, 1.165) is 0 Å². The molecule has 0 bridgehead atoms. The number of anilines is 3. The molecule has 0 saturated carbocycles. The monoisotopic (exact) mass is 340 g/mol. The van der Waals surface area contributed by atoms with Gasteiger partial charge in [0.05, 0.1) is 16.9 Å². The first kappa shape index (κ1) is 16.9. The predicted molar refractivity (Wildman–Crippen MR) is 95.5 cm³/mol. The first-order valence-corrected chi connectivity index (χ1v) is 7.94. The summed E-state index contributed by atoms with van der Waals surface area (Å²) in [6.45, 7) is 0.853. The van der Waals surface area contributed by atoms with Gasteiger partial charge in [0.25, 0.3) is 5.91 Å². The molecule has 1 aromatic carbocycles. The van der Waals surface area contributed by atoms with E-state index in [4.69, 9.17) is 4.74 Å². The SMILES string of the molecule is CN(C)CCOC(=O)N1c2ccccc2C(=O)N(C)c2cccnc21. The molecule has 1 aliphatic heterocycles. The normalized spacial score (nSPS) is 13.4. The molecule has 0 aliphatic carbocycles. The molecule has 7 nitrogen and oxygen atoms in total. The van der Waals surface area contributed by atoms with E-state index in [1.165, 1.54) is 9.80 Å². The number of carbonyl (C=O) groups excluding carboxylic acids is 2. The number of hydrogen-bond acceptors (Lipinski definition) is 5. The van der Waals surface area contributed by atoms with Crippen molar-refractivity contribution < 1.29 is 14.3 Å². The molecule has 0 saturated heterocycles. The minimum absolute atomic E-state index is 0.201. The number of pyridine rings is 1. The molecule has 1 aliphatic rings. The first-order valence-electron chi connectivity index (χ1n) is 7.94. The Morgan fingerprint density at radius 3 is 2.64 bits per heavy atom. The lowest BCUT2D eigenvalue weighted by molar-refractivity contribution is 0.0994. The Labute approximate surface area is 146 Å². The Kier molecular flexibility index (Phi) is 4.67. The maximum atomic E-state index is 12.8. The van der Waals surface area contributed by atoms with Gasteiger partial charge in [-0.2, -0.15) is 0 Å². The zero-order chi connectivity index (χ0) is 18.0. The van der Waals surface area contributed by atoms with Crippen LogP contribution in [0.15, 0.2) is 42.6 Å². The molecule has 0 atom stereocenters. The molecule has 2 heterocycles. The summed E-state index contributed by atoms with van der Waals surface area (Å²) < 4.78 is 5.41. The van der Waals surface area contributed by atoms with E-state index in [1.54, 1.807) is 49.6 Å². The van der Waals surface area contributed by atoms with Crippen molar-refractivity contribution in [3.63, 3.8) is 0 Å². The Morgan fingerprint density at radius 2 is 1.88 bits per heavy atom. The van der Waals surface area contributed by atoms with Crippen LogP contribution in [0.5, 0.6) is 0 Å². The fourth-order valence-electron chi connectivity index (χ4n) is 2.64. The summed E-state index contributed by atoms with van der Waals surface area (Å²) in [7, 11) is 5.47. The number of ether oxygens (including phenoxy) is 1. The van der Waals surface area contributed by atoms with E-state index in [9.17, 15) is 9.59 Å². The van der Waals surface area contributed by atoms with Crippen LogP contribution in [0.4, 0.5) is 22.0 Å². The standard InChI is InChI=1S/C18H20N4O3/c1-20(2)11-12-25-18(24)22-14-8-5-4-7-13(14)17(23)21(3)15-9-6-10-19-16(15)22/h4-10H,11-12H2,1-3H3. The van der Waals surface area contributed by atoms with Crippen molar-refractivity contribution in [2.24, 2.45) is 0 Å². The van der Waals surface area contributed by atoms with Gasteiger partial charge in [-0.25, -0.2) is 14.7 Å². The van der Waals surface area contributed by atoms with Crippen molar-refractivity contribution in [2.45, 2.75) is 0 Å². The van der Waals surface area contributed by atoms with Gasteiger partial charge in [0, 0.05) is 19.8 Å². The Bertz CT molecular complexity index is 806. The molecule has 2 aromatic rings. The first-order chi connectivity index (χ1) is 12.0. The van der Waals surface area contributed by atoms with E-state index in [-0.39, 0.29) is 12.5 Å². The second-order valence-electron chi connectivity index (χ2n) is 5.98. The van der Waals surface area contributed by atoms with Crippen molar-refractivity contribution in [3.05, 3.63) is 48.2 Å². The molecule has 1 aromatic heterocycles. The number of para-hydroxylation sites is 1. The van der Waals surface area contributed by atoms with Crippen LogP contribution in [0, 0.1) is 0 Å². The van der Waals surface area contributed by atoms with Gasteiger partial charge in [-0.1, -0.05) is 12.1 Å². The zero-order valence-corrected chi connectivity index (χ0v) is 14.5. The number of fused-ring (bicyclic) bond motifs is 2. The number of nitrogens with zero attached hydrogens (tertiary/aromatic N) is 4. The van der Waals surface area contributed by atoms with Crippen molar-refractivity contribution in [1.29, 1.82) is 0 Å². The molecule has 0 radical (unpaired) electrons. The van der Waals surface area contributed by atoms with Gasteiger partial charge in [-0.05, 0) is 38.4 Å². The third-order valence-corrected chi connectivity index (χ3v) is 3.97. The molecular formula is C18H20N4O3. The fraction of sp³-hybridized carbons (Fsp3) is 0.278. The number of benzene rings is 1. The van der Waals surface area contributed by atoms with E-state index in [0.29, 0.717) is 29.3 Å². The Hall–Kier alpha value is -2.93. The molecule has 3 rings (SSSR count). The third kappa shape index (κ3) is 3.18. The van der Waals surface area contributed by atoms with Crippen LogP contribution in [0.25, 0.3) is 0 Å². The molecule has 2 amide bonds. The van der Waals surface area contributed by atoms with Gasteiger partial charge in [-0.15, -0.1) is 0 Å².